The summed E-state index contributed by atoms with van der Waals surface area (Å²) in [7, 11) is -2.18. The normalized spacial score (nSPS) is 11.6. The average molecular weight is 377 g/mol. The van der Waals surface area contributed by atoms with Gasteiger partial charge in [0.25, 0.3) is 10.0 Å². The first kappa shape index (κ1) is 16.0. The molecule has 0 unspecified atom stereocenters. The highest BCUT2D eigenvalue weighted by atomic mass is 79.9. The second-order valence-corrected chi connectivity index (χ2v) is 6.96. The van der Waals surface area contributed by atoms with E-state index in [4.69, 9.17) is 4.42 Å². The van der Waals surface area contributed by atoms with Gasteiger partial charge in [-0.25, -0.2) is 12.8 Å². The lowest BCUT2D eigenvalue weighted by molar-refractivity contribution is 0.466. The highest BCUT2D eigenvalue weighted by Crippen LogP contribution is 2.25. The third-order valence-electron chi connectivity index (χ3n) is 2.74. The second kappa shape index (κ2) is 6.17. The Bertz CT molecular complexity index is 759. The van der Waals surface area contributed by atoms with Crippen molar-refractivity contribution in [3.8, 4) is 0 Å². The van der Waals surface area contributed by atoms with Crippen LogP contribution in [0.1, 0.15) is 11.5 Å². The van der Waals surface area contributed by atoms with Crippen LogP contribution in [-0.2, 0) is 16.6 Å². The molecular weight excluding hydrogens is 363 g/mol. The van der Waals surface area contributed by atoms with E-state index in [9.17, 15) is 12.8 Å². The molecule has 114 valence electrons. The van der Waals surface area contributed by atoms with Crippen molar-refractivity contribution in [3.05, 3.63) is 46.1 Å². The third-order valence-corrected chi connectivity index (χ3v) is 4.71. The van der Waals surface area contributed by atoms with Gasteiger partial charge in [0.05, 0.1) is 12.2 Å². The number of halogens is 2. The topological polar surface area (TPSA) is 71.3 Å². The molecule has 0 radical (unpaired) electrons. The molecule has 0 saturated carbocycles. The molecule has 8 heteroatoms. The van der Waals surface area contributed by atoms with Crippen molar-refractivity contribution < 1.29 is 17.2 Å². The summed E-state index contributed by atoms with van der Waals surface area (Å²) in [6.07, 6.45) is 0. The predicted molar refractivity (Wildman–Crippen MR) is 81.1 cm³/mol. The van der Waals surface area contributed by atoms with Gasteiger partial charge in [0.15, 0.2) is 0 Å². The number of hydrogen-bond donors (Lipinski definition) is 2. The van der Waals surface area contributed by atoms with E-state index in [1.165, 1.54) is 18.2 Å². The summed E-state index contributed by atoms with van der Waals surface area (Å²) in [5, 5.41) is 2.87. The Labute approximate surface area is 130 Å². The van der Waals surface area contributed by atoms with Crippen LogP contribution >= 0.6 is 15.9 Å². The van der Waals surface area contributed by atoms with Crippen molar-refractivity contribution in [1.82, 2.24) is 5.32 Å². The van der Waals surface area contributed by atoms with Crippen LogP contribution in [0.5, 0.6) is 0 Å². The molecule has 0 bridgehead atoms. The van der Waals surface area contributed by atoms with Gasteiger partial charge in [0, 0.05) is 10.5 Å². The number of hydrogen-bond acceptors (Lipinski definition) is 4. The van der Waals surface area contributed by atoms with Gasteiger partial charge < -0.3 is 9.73 Å². The quantitative estimate of drug-likeness (QED) is 0.841. The lowest BCUT2D eigenvalue weighted by atomic mass is 10.3. The lowest BCUT2D eigenvalue weighted by Gasteiger charge is -2.08. The van der Waals surface area contributed by atoms with Crippen molar-refractivity contribution in [2.45, 2.75) is 18.4 Å². The molecule has 0 atom stereocenters. The minimum Gasteiger partial charge on any atom is -0.464 e. The summed E-state index contributed by atoms with van der Waals surface area (Å²) in [6.45, 7) is 1.95. The van der Waals surface area contributed by atoms with Crippen LogP contribution in [0.15, 0.2) is 38.1 Å². The maximum absolute atomic E-state index is 13.7. The summed E-state index contributed by atoms with van der Waals surface area (Å²) >= 11 is 3.11. The molecule has 2 rings (SSSR count). The molecule has 0 aliphatic heterocycles. The van der Waals surface area contributed by atoms with E-state index in [0.717, 1.165) is 0 Å². The monoisotopic (exact) mass is 376 g/mol. The molecule has 0 saturated heterocycles. The number of rotatable bonds is 5. The third kappa shape index (κ3) is 3.63. The summed E-state index contributed by atoms with van der Waals surface area (Å²) in [6, 6.07) is 5.51. The molecule has 21 heavy (non-hydrogen) atoms. The van der Waals surface area contributed by atoms with Crippen molar-refractivity contribution in [1.29, 1.82) is 0 Å². The fourth-order valence-corrected chi connectivity index (χ4v) is 3.43. The number of aryl methyl sites for hydroxylation is 1. The highest BCUT2D eigenvalue weighted by molar-refractivity contribution is 9.10. The molecule has 0 amide bonds. The highest BCUT2D eigenvalue weighted by Gasteiger charge is 2.22. The fraction of sp³-hybridized carbons (Fsp3) is 0.231. The minimum atomic E-state index is -3.90. The van der Waals surface area contributed by atoms with Crippen LogP contribution in [0.2, 0.25) is 0 Å². The molecule has 2 aromatic rings. The maximum atomic E-state index is 13.7. The number of furan rings is 1. The summed E-state index contributed by atoms with van der Waals surface area (Å²) in [5.74, 6) is 0.0847. The Morgan fingerprint density at radius 1 is 1.33 bits per heavy atom. The second-order valence-electron chi connectivity index (χ2n) is 4.39. The zero-order valence-electron chi connectivity index (χ0n) is 11.4. The van der Waals surface area contributed by atoms with E-state index in [-0.39, 0.29) is 16.3 Å². The van der Waals surface area contributed by atoms with Gasteiger partial charge in [0.2, 0.25) is 0 Å². The zero-order valence-corrected chi connectivity index (χ0v) is 13.8. The van der Waals surface area contributed by atoms with Gasteiger partial charge in [-0.3, -0.25) is 4.72 Å². The molecule has 0 spiro atoms. The Balaban J connectivity index is 2.34. The molecular formula is C13H14BrFN2O3S. The minimum absolute atomic E-state index is 0.00457. The first-order chi connectivity index (χ1) is 9.83. The molecule has 1 heterocycles. The predicted octanol–water partition coefficient (Wildman–Crippen LogP) is 3.01. The van der Waals surface area contributed by atoms with Gasteiger partial charge in [-0.2, -0.15) is 0 Å². The molecule has 0 aliphatic carbocycles. The first-order valence-corrected chi connectivity index (χ1v) is 8.33. The van der Waals surface area contributed by atoms with Crippen molar-refractivity contribution >= 4 is 31.6 Å². The molecule has 0 fully saturated rings. The van der Waals surface area contributed by atoms with Crippen LogP contribution in [0.25, 0.3) is 0 Å². The standard InChI is InChI=1S/C13H14BrFN2O3S/c1-8-13(6-10(20-8)7-16-2)21(18,19)17-12-4-3-9(14)5-11(12)15/h3-6,16-17H,7H2,1-2H3. The molecule has 5 nitrogen and oxygen atoms in total. The van der Waals surface area contributed by atoms with Crippen LogP contribution in [0.4, 0.5) is 10.1 Å². The van der Waals surface area contributed by atoms with E-state index in [1.807, 2.05) is 0 Å². The van der Waals surface area contributed by atoms with E-state index in [1.54, 1.807) is 20.0 Å². The van der Waals surface area contributed by atoms with Crippen molar-refractivity contribution in [2.75, 3.05) is 11.8 Å². The van der Waals surface area contributed by atoms with E-state index in [2.05, 4.69) is 26.0 Å². The van der Waals surface area contributed by atoms with E-state index >= 15 is 0 Å². The van der Waals surface area contributed by atoms with Gasteiger partial charge in [0.1, 0.15) is 22.2 Å². The first-order valence-electron chi connectivity index (χ1n) is 6.05. The number of anilines is 1. The van der Waals surface area contributed by atoms with Crippen LogP contribution in [0, 0.1) is 12.7 Å². The van der Waals surface area contributed by atoms with E-state index in [0.29, 0.717) is 16.8 Å². The van der Waals surface area contributed by atoms with Gasteiger partial charge in [-0.15, -0.1) is 0 Å². The molecule has 0 aliphatic rings. The van der Waals surface area contributed by atoms with Gasteiger partial charge >= 0.3 is 0 Å². The zero-order chi connectivity index (χ0) is 15.6. The number of nitrogens with one attached hydrogen (secondary N) is 2. The van der Waals surface area contributed by atoms with Crippen molar-refractivity contribution in [2.24, 2.45) is 0 Å². The Hall–Kier alpha value is -1.38. The van der Waals surface area contributed by atoms with Crippen LogP contribution in [0.3, 0.4) is 0 Å². The summed E-state index contributed by atoms with van der Waals surface area (Å²) in [4.78, 5) is -0.00457. The van der Waals surface area contributed by atoms with Crippen LogP contribution in [-0.4, -0.2) is 15.5 Å². The summed E-state index contributed by atoms with van der Waals surface area (Å²) < 4.78 is 46.4. The molecule has 2 N–H and O–H groups in total. The number of benzene rings is 1. The van der Waals surface area contributed by atoms with Crippen molar-refractivity contribution in [3.63, 3.8) is 0 Å². The smallest absolute Gasteiger partial charge is 0.265 e. The molecule has 1 aromatic carbocycles. The Morgan fingerprint density at radius 3 is 2.67 bits per heavy atom. The van der Waals surface area contributed by atoms with Gasteiger partial charge in [-0.05, 0) is 32.2 Å². The number of sulfonamides is 1. The maximum Gasteiger partial charge on any atom is 0.265 e. The van der Waals surface area contributed by atoms with Gasteiger partial charge in [-0.1, -0.05) is 15.9 Å². The van der Waals surface area contributed by atoms with E-state index < -0.39 is 15.8 Å². The Kier molecular flexibility index (Phi) is 4.70. The summed E-state index contributed by atoms with van der Waals surface area (Å²) in [5.41, 5.74) is -0.117. The Morgan fingerprint density at radius 2 is 2.05 bits per heavy atom. The fourth-order valence-electron chi connectivity index (χ4n) is 1.82. The van der Waals surface area contributed by atoms with Crippen LogP contribution < -0.4 is 10.0 Å². The average Bonchev–Trinajstić information content (AvgIpc) is 2.75. The molecule has 1 aromatic heterocycles. The lowest BCUT2D eigenvalue weighted by Crippen LogP contribution is -2.14. The SMILES string of the molecule is CNCc1cc(S(=O)(=O)Nc2ccc(Br)cc2F)c(C)o1. The largest absolute Gasteiger partial charge is 0.464 e.